The molecule has 0 rings (SSSR count). The van der Waals surface area contributed by atoms with E-state index in [0.29, 0.717) is 12.8 Å². The lowest BCUT2D eigenvalue weighted by Crippen LogP contribution is -2.04. The maximum atomic E-state index is 11.7. The largest absolute Gasteiger partial charge is 0.772 e. The lowest BCUT2D eigenvalue weighted by molar-refractivity contribution is 0.116. The maximum Gasteiger partial charge on any atom is 0.238 e. The van der Waals surface area contributed by atoms with Crippen LogP contribution in [-0.4, -0.2) is 20.9 Å². The zero-order valence-corrected chi connectivity index (χ0v) is 9.73. The molecular formula is C9H16F2NO2S-. The average Bonchev–Trinajstić information content (AvgIpc) is 2.02. The van der Waals surface area contributed by atoms with Crippen molar-refractivity contribution in [1.82, 2.24) is 0 Å². The highest BCUT2D eigenvalue weighted by molar-refractivity contribution is 7.79. The SMILES string of the molecule is CC#N.CC(CCCS(=O)[O-])CC(F)F. The summed E-state index contributed by atoms with van der Waals surface area (Å²) in [5.41, 5.74) is 0. The fraction of sp³-hybridized carbons (Fsp3) is 0.889. The normalized spacial score (nSPS) is 13.7. The van der Waals surface area contributed by atoms with Gasteiger partial charge in [-0.2, -0.15) is 5.26 Å². The molecule has 0 aliphatic heterocycles. The monoisotopic (exact) mass is 240 g/mol. The molecule has 0 amide bonds. The van der Waals surface area contributed by atoms with Crippen molar-refractivity contribution in [1.29, 1.82) is 5.26 Å². The van der Waals surface area contributed by atoms with Crippen LogP contribution >= 0.6 is 0 Å². The highest BCUT2D eigenvalue weighted by Crippen LogP contribution is 2.15. The number of rotatable bonds is 6. The predicted molar refractivity (Wildman–Crippen MR) is 54.1 cm³/mol. The third kappa shape index (κ3) is 19.8. The zero-order valence-electron chi connectivity index (χ0n) is 8.91. The lowest BCUT2D eigenvalue weighted by atomic mass is 10.0. The molecule has 0 heterocycles. The van der Waals surface area contributed by atoms with Gasteiger partial charge in [-0.1, -0.05) is 18.0 Å². The summed E-state index contributed by atoms with van der Waals surface area (Å²) in [6.07, 6.45) is -1.38. The Morgan fingerprint density at radius 2 is 2.00 bits per heavy atom. The minimum Gasteiger partial charge on any atom is -0.772 e. The number of nitrogens with zero attached hydrogens (tertiary/aromatic N) is 1. The Labute approximate surface area is 91.8 Å². The molecule has 3 nitrogen and oxygen atoms in total. The van der Waals surface area contributed by atoms with Crippen molar-refractivity contribution in [2.24, 2.45) is 5.92 Å². The molecule has 0 fully saturated rings. The van der Waals surface area contributed by atoms with Gasteiger partial charge in [0.2, 0.25) is 6.43 Å². The summed E-state index contributed by atoms with van der Waals surface area (Å²) >= 11 is -2.03. The van der Waals surface area contributed by atoms with Crippen molar-refractivity contribution in [3.05, 3.63) is 0 Å². The number of hydrogen-bond acceptors (Lipinski definition) is 3. The third-order valence-electron chi connectivity index (χ3n) is 1.59. The smallest absolute Gasteiger partial charge is 0.238 e. The summed E-state index contributed by atoms with van der Waals surface area (Å²) < 4.78 is 43.6. The van der Waals surface area contributed by atoms with Gasteiger partial charge in [0, 0.05) is 19.1 Å². The first-order valence-electron chi connectivity index (χ1n) is 4.58. The summed E-state index contributed by atoms with van der Waals surface area (Å²) in [6.45, 7) is 3.14. The zero-order chi connectivity index (χ0) is 12.3. The molecule has 2 atom stereocenters. The van der Waals surface area contributed by atoms with Crippen LogP contribution in [0.4, 0.5) is 8.78 Å². The summed E-state index contributed by atoms with van der Waals surface area (Å²) in [5.74, 6) is -0.0123. The molecule has 0 spiro atoms. The topological polar surface area (TPSA) is 63.9 Å². The van der Waals surface area contributed by atoms with E-state index in [0.717, 1.165) is 0 Å². The van der Waals surface area contributed by atoms with Gasteiger partial charge in [0.1, 0.15) is 0 Å². The van der Waals surface area contributed by atoms with Crippen LogP contribution in [0.25, 0.3) is 0 Å². The van der Waals surface area contributed by atoms with Gasteiger partial charge in [-0.25, -0.2) is 8.78 Å². The first-order valence-corrected chi connectivity index (χ1v) is 5.83. The minimum atomic E-state index is -2.28. The van der Waals surface area contributed by atoms with Crippen molar-refractivity contribution in [3.63, 3.8) is 0 Å². The van der Waals surface area contributed by atoms with E-state index in [9.17, 15) is 17.5 Å². The molecule has 0 aromatic carbocycles. The van der Waals surface area contributed by atoms with Crippen LogP contribution in [-0.2, 0) is 11.1 Å². The number of halogens is 2. The van der Waals surface area contributed by atoms with Gasteiger partial charge in [-0.3, -0.25) is 4.21 Å². The van der Waals surface area contributed by atoms with Crippen LogP contribution in [0.2, 0.25) is 0 Å². The van der Waals surface area contributed by atoms with E-state index in [1.165, 1.54) is 6.92 Å². The second-order valence-electron chi connectivity index (χ2n) is 3.11. The average molecular weight is 240 g/mol. The van der Waals surface area contributed by atoms with Crippen molar-refractivity contribution >= 4 is 11.1 Å². The van der Waals surface area contributed by atoms with E-state index in [-0.39, 0.29) is 18.1 Å². The van der Waals surface area contributed by atoms with Gasteiger partial charge in [-0.05, 0) is 18.8 Å². The van der Waals surface area contributed by atoms with E-state index in [2.05, 4.69) is 0 Å². The molecule has 0 saturated carbocycles. The van der Waals surface area contributed by atoms with Gasteiger partial charge in [0.05, 0.1) is 6.07 Å². The fourth-order valence-corrected chi connectivity index (χ4v) is 1.37. The number of alkyl halides is 2. The minimum absolute atomic E-state index is 0.0770. The van der Waals surface area contributed by atoms with Crippen molar-refractivity contribution in [3.8, 4) is 6.07 Å². The molecule has 0 radical (unpaired) electrons. The van der Waals surface area contributed by atoms with Crippen LogP contribution in [0.3, 0.4) is 0 Å². The third-order valence-corrected chi connectivity index (χ3v) is 2.21. The highest BCUT2D eigenvalue weighted by Gasteiger charge is 2.09. The molecule has 0 saturated heterocycles. The predicted octanol–water partition coefficient (Wildman–Crippen LogP) is 2.47. The molecular weight excluding hydrogens is 224 g/mol. The quantitative estimate of drug-likeness (QED) is 0.670. The molecule has 90 valence electrons. The molecule has 15 heavy (non-hydrogen) atoms. The van der Waals surface area contributed by atoms with E-state index in [4.69, 9.17) is 5.26 Å². The fourth-order valence-electron chi connectivity index (χ4n) is 0.972. The molecule has 0 aromatic rings. The van der Waals surface area contributed by atoms with E-state index in [1.54, 1.807) is 13.0 Å². The Kier molecular flexibility index (Phi) is 13.0. The Hall–Kier alpha value is -0.540. The second kappa shape index (κ2) is 11.5. The molecule has 0 aromatic heterocycles. The molecule has 0 bridgehead atoms. The Bertz CT molecular complexity index is 207. The highest BCUT2D eigenvalue weighted by atomic mass is 32.2. The van der Waals surface area contributed by atoms with Crippen LogP contribution in [0.1, 0.15) is 33.1 Å². The van der Waals surface area contributed by atoms with Gasteiger partial charge in [0.25, 0.3) is 0 Å². The Morgan fingerprint density at radius 3 is 2.33 bits per heavy atom. The van der Waals surface area contributed by atoms with Crippen molar-refractivity contribution in [2.75, 3.05) is 5.75 Å². The number of hydrogen-bond donors (Lipinski definition) is 0. The van der Waals surface area contributed by atoms with E-state index < -0.39 is 17.5 Å². The summed E-state index contributed by atoms with van der Waals surface area (Å²) in [5, 5.41) is 7.32. The van der Waals surface area contributed by atoms with E-state index >= 15 is 0 Å². The number of nitriles is 1. The van der Waals surface area contributed by atoms with Crippen LogP contribution < -0.4 is 0 Å². The molecule has 2 unspecified atom stereocenters. The summed E-state index contributed by atoms with van der Waals surface area (Å²) in [7, 11) is 0. The molecule has 0 N–H and O–H groups in total. The van der Waals surface area contributed by atoms with Gasteiger partial charge in [0.15, 0.2) is 0 Å². The van der Waals surface area contributed by atoms with E-state index in [1.807, 2.05) is 0 Å². The maximum absolute atomic E-state index is 11.7. The van der Waals surface area contributed by atoms with Crippen LogP contribution in [0.15, 0.2) is 0 Å². The van der Waals surface area contributed by atoms with Crippen LogP contribution in [0.5, 0.6) is 0 Å². The lowest BCUT2D eigenvalue weighted by Gasteiger charge is -2.10. The molecule has 0 aliphatic carbocycles. The summed E-state index contributed by atoms with van der Waals surface area (Å²) in [4.78, 5) is 0. The van der Waals surface area contributed by atoms with Crippen molar-refractivity contribution in [2.45, 2.75) is 39.5 Å². The van der Waals surface area contributed by atoms with Gasteiger partial charge in [-0.15, -0.1) is 0 Å². The Morgan fingerprint density at radius 1 is 1.53 bits per heavy atom. The Balaban J connectivity index is 0. The van der Waals surface area contributed by atoms with Crippen molar-refractivity contribution < 1.29 is 17.5 Å². The summed E-state index contributed by atoms with van der Waals surface area (Å²) in [6, 6.07) is 1.75. The molecule has 0 aliphatic rings. The second-order valence-corrected chi connectivity index (χ2v) is 4.12. The van der Waals surface area contributed by atoms with Gasteiger partial charge < -0.3 is 4.55 Å². The van der Waals surface area contributed by atoms with Crippen LogP contribution in [0, 0.1) is 17.2 Å². The first-order chi connectivity index (χ1) is 6.93. The van der Waals surface area contributed by atoms with Gasteiger partial charge >= 0.3 is 0 Å². The molecule has 6 heteroatoms. The first kappa shape index (κ1) is 16.9. The standard InChI is InChI=1S/C7H14F2O2S.C2H3N/c1-6(5-7(8)9)3-2-4-12(10)11;1-2-3/h6-7H,2-5H2,1H3,(H,10,11);1H3/p-1.